The zero-order chi connectivity index (χ0) is 20.8. The molecule has 148 valence electrons. The summed E-state index contributed by atoms with van der Waals surface area (Å²) in [7, 11) is 1.40. The predicted molar refractivity (Wildman–Crippen MR) is 104 cm³/mol. The summed E-state index contributed by atoms with van der Waals surface area (Å²) in [5.41, 5.74) is 1.29. The van der Waals surface area contributed by atoms with E-state index in [2.05, 4.69) is 5.32 Å². The molecule has 0 aliphatic rings. The number of nitrogens with zero attached hydrogens (tertiary/aromatic N) is 1. The monoisotopic (exact) mass is 406 g/mol. The molecule has 8 heteroatoms. The first kappa shape index (κ1) is 21.4. The van der Waals surface area contributed by atoms with Gasteiger partial charge in [-0.05, 0) is 44.2 Å². The van der Waals surface area contributed by atoms with E-state index in [0.717, 1.165) is 22.6 Å². The summed E-state index contributed by atoms with van der Waals surface area (Å²) >= 11 is 5.75. The Labute approximate surface area is 167 Å². The van der Waals surface area contributed by atoms with Crippen LogP contribution in [0.1, 0.15) is 22.8 Å². The molecule has 2 aromatic carbocycles. The van der Waals surface area contributed by atoms with Crippen LogP contribution >= 0.6 is 11.6 Å². The molecule has 1 N–H and O–H groups in total. The van der Waals surface area contributed by atoms with Crippen molar-refractivity contribution in [3.63, 3.8) is 0 Å². The Bertz CT molecular complexity index is 886. The molecule has 2 rings (SSSR count). The van der Waals surface area contributed by atoms with Crippen molar-refractivity contribution in [3.8, 4) is 0 Å². The van der Waals surface area contributed by atoms with E-state index in [1.807, 2.05) is 19.1 Å². The molecule has 0 radical (unpaired) electrons. The van der Waals surface area contributed by atoms with Crippen molar-refractivity contribution in [1.29, 1.82) is 0 Å². The average molecular weight is 407 g/mol. The maximum atomic E-state index is 13.7. The lowest BCUT2D eigenvalue weighted by Crippen LogP contribution is -2.41. The van der Waals surface area contributed by atoms with Crippen molar-refractivity contribution in [1.82, 2.24) is 4.90 Å². The average Bonchev–Trinajstić information content (AvgIpc) is 2.64. The number of benzene rings is 2. The number of hydrogen-bond donors (Lipinski definition) is 1. The Morgan fingerprint density at radius 3 is 2.46 bits per heavy atom. The van der Waals surface area contributed by atoms with E-state index < -0.39 is 29.7 Å². The second-order valence-electron chi connectivity index (χ2n) is 6.28. The van der Waals surface area contributed by atoms with Crippen LogP contribution < -0.4 is 5.32 Å². The topological polar surface area (TPSA) is 75.7 Å². The van der Waals surface area contributed by atoms with E-state index >= 15 is 0 Å². The molecule has 0 heterocycles. The van der Waals surface area contributed by atoms with E-state index in [4.69, 9.17) is 16.3 Å². The molecule has 0 bridgehead atoms. The molecular weight excluding hydrogens is 387 g/mol. The summed E-state index contributed by atoms with van der Waals surface area (Å²) < 4.78 is 18.7. The van der Waals surface area contributed by atoms with Gasteiger partial charge in [-0.15, -0.1) is 0 Å². The van der Waals surface area contributed by atoms with Gasteiger partial charge >= 0.3 is 5.97 Å². The van der Waals surface area contributed by atoms with Crippen molar-refractivity contribution >= 4 is 35.1 Å². The molecular formula is C20H20ClFN2O4. The zero-order valence-corrected chi connectivity index (χ0v) is 16.4. The fourth-order valence-corrected chi connectivity index (χ4v) is 2.54. The van der Waals surface area contributed by atoms with E-state index in [-0.39, 0.29) is 17.1 Å². The summed E-state index contributed by atoms with van der Waals surface area (Å²) in [6.45, 7) is 3.03. The van der Waals surface area contributed by atoms with Crippen LogP contribution in [0.5, 0.6) is 0 Å². The number of anilines is 1. The molecule has 0 saturated heterocycles. The largest absolute Gasteiger partial charge is 0.449 e. The van der Waals surface area contributed by atoms with Gasteiger partial charge in [-0.1, -0.05) is 29.3 Å². The number of halogens is 2. The minimum absolute atomic E-state index is 0.164. The molecule has 0 unspecified atom stereocenters. The third-order valence-corrected chi connectivity index (χ3v) is 4.11. The first-order valence-corrected chi connectivity index (χ1v) is 8.82. The molecule has 2 aromatic rings. The highest BCUT2D eigenvalue weighted by molar-refractivity contribution is 6.30. The molecule has 28 heavy (non-hydrogen) atoms. The van der Waals surface area contributed by atoms with Gasteiger partial charge in [-0.25, -0.2) is 9.18 Å². The van der Waals surface area contributed by atoms with Gasteiger partial charge in [-0.2, -0.15) is 0 Å². The first-order valence-electron chi connectivity index (χ1n) is 8.45. The molecule has 2 amide bonds. The van der Waals surface area contributed by atoms with Crippen molar-refractivity contribution in [2.75, 3.05) is 18.9 Å². The number of aryl methyl sites for hydroxylation is 1. The lowest BCUT2D eigenvalue weighted by molar-refractivity contribution is -0.140. The third-order valence-electron chi connectivity index (χ3n) is 3.87. The SMILES string of the molecule is Cc1ccc(NC(=O)CN(C)C(=O)[C@@H](C)OC(=O)c2cc(Cl)ccc2F)cc1. The molecule has 1 atom stereocenters. The van der Waals surface area contributed by atoms with Crippen LogP contribution in [-0.2, 0) is 14.3 Å². The molecule has 6 nitrogen and oxygen atoms in total. The molecule has 0 aliphatic heterocycles. The number of hydrogen-bond acceptors (Lipinski definition) is 4. The highest BCUT2D eigenvalue weighted by atomic mass is 35.5. The molecule has 0 aliphatic carbocycles. The summed E-state index contributed by atoms with van der Waals surface area (Å²) in [6.07, 6.45) is -1.21. The highest BCUT2D eigenvalue weighted by Gasteiger charge is 2.25. The number of esters is 1. The minimum Gasteiger partial charge on any atom is -0.449 e. The smallest absolute Gasteiger partial charge is 0.341 e. The van der Waals surface area contributed by atoms with Gasteiger partial charge in [0.1, 0.15) is 5.82 Å². The van der Waals surface area contributed by atoms with Crippen LogP contribution in [0.2, 0.25) is 5.02 Å². The Morgan fingerprint density at radius 2 is 1.82 bits per heavy atom. The number of nitrogens with one attached hydrogen (secondary N) is 1. The van der Waals surface area contributed by atoms with Crippen LogP contribution in [0.15, 0.2) is 42.5 Å². The Morgan fingerprint density at radius 1 is 1.18 bits per heavy atom. The van der Waals surface area contributed by atoms with Crippen LogP contribution in [0.4, 0.5) is 10.1 Å². The zero-order valence-electron chi connectivity index (χ0n) is 15.7. The van der Waals surface area contributed by atoms with E-state index in [0.29, 0.717) is 5.69 Å². The summed E-state index contributed by atoms with van der Waals surface area (Å²) in [5, 5.41) is 2.83. The molecule has 0 spiro atoms. The third kappa shape index (κ3) is 5.79. The molecule has 0 aromatic heterocycles. The highest BCUT2D eigenvalue weighted by Crippen LogP contribution is 2.17. The Hall–Kier alpha value is -2.93. The Kier molecular flexibility index (Phi) is 7.12. The second-order valence-corrected chi connectivity index (χ2v) is 6.72. The second kappa shape index (κ2) is 9.32. The van der Waals surface area contributed by atoms with Crippen molar-refractivity contribution < 1.29 is 23.5 Å². The van der Waals surface area contributed by atoms with Crippen LogP contribution in [0.25, 0.3) is 0 Å². The van der Waals surface area contributed by atoms with Gasteiger partial charge < -0.3 is 15.0 Å². The minimum atomic E-state index is -1.21. The number of amides is 2. The van der Waals surface area contributed by atoms with Crippen LogP contribution in [0, 0.1) is 12.7 Å². The number of ether oxygens (including phenoxy) is 1. The summed E-state index contributed by atoms with van der Waals surface area (Å²) in [5.74, 6) is -2.83. The van der Waals surface area contributed by atoms with Gasteiger partial charge in [0, 0.05) is 17.8 Å². The van der Waals surface area contributed by atoms with Crippen molar-refractivity contribution in [2.24, 2.45) is 0 Å². The number of likely N-dealkylation sites (N-methyl/N-ethyl adjacent to an activating group) is 1. The quantitative estimate of drug-likeness (QED) is 0.746. The van der Waals surface area contributed by atoms with Crippen LogP contribution in [-0.4, -0.2) is 42.4 Å². The van der Waals surface area contributed by atoms with E-state index in [9.17, 15) is 18.8 Å². The Balaban J connectivity index is 1.92. The number of rotatable bonds is 6. The van der Waals surface area contributed by atoms with Gasteiger partial charge in [0.2, 0.25) is 5.91 Å². The van der Waals surface area contributed by atoms with Gasteiger partial charge in [0.05, 0.1) is 12.1 Å². The van der Waals surface area contributed by atoms with Crippen LogP contribution in [0.3, 0.4) is 0 Å². The fourth-order valence-electron chi connectivity index (χ4n) is 2.37. The first-order chi connectivity index (χ1) is 13.2. The fraction of sp³-hybridized carbons (Fsp3) is 0.250. The van der Waals surface area contributed by atoms with Crippen molar-refractivity contribution in [3.05, 3.63) is 64.4 Å². The van der Waals surface area contributed by atoms with E-state index in [1.165, 1.54) is 20.0 Å². The summed E-state index contributed by atoms with van der Waals surface area (Å²) in [6, 6.07) is 10.6. The lowest BCUT2D eigenvalue weighted by atomic mass is 10.2. The standard InChI is InChI=1S/C20H20ClFN2O4/c1-12-4-7-15(8-5-12)23-18(25)11-24(3)19(26)13(2)28-20(27)16-10-14(21)6-9-17(16)22/h4-10,13H,11H2,1-3H3,(H,23,25)/t13-/m1/s1. The van der Waals surface area contributed by atoms with Crippen molar-refractivity contribution in [2.45, 2.75) is 20.0 Å². The number of carbonyl (C=O) groups is 3. The van der Waals surface area contributed by atoms with Gasteiger partial charge in [0.25, 0.3) is 5.91 Å². The lowest BCUT2D eigenvalue weighted by Gasteiger charge is -2.21. The maximum Gasteiger partial charge on any atom is 0.341 e. The molecule has 0 saturated carbocycles. The predicted octanol–water partition coefficient (Wildman–Crippen LogP) is 3.43. The molecule has 0 fully saturated rings. The van der Waals surface area contributed by atoms with Gasteiger partial charge in [0.15, 0.2) is 6.10 Å². The normalized spacial score (nSPS) is 11.5. The number of carbonyl (C=O) groups excluding carboxylic acids is 3. The summed E-state index contributed by atoms with van der Waals surface area (Å²) in [4.78, 5) is 37.6. The maximum absolute atomic E-state index is 13.7. The van der Waals surface area contributed by atoms with E-state index in [1.54, 1.807) is 12.1 Å². The van der Waals surface area contributed by atoms with Gasteiger partial charge in [-0.3, -0.25) is 9.59 Å².